The highest BCUT2D eigenvalue weighted by Crippen LogP contribution is 2.35. The minimum absolute atomic E-state index is 0.0501. The zero-order valence-corrected chi connectivity index (χ0v) is 11.8. The minimum Gasteiger partial charge on any atom is -0.388 e. The molecule has 3 N–H and O–H groups in total. The molecule has 0 radical (unpaired) electrons. The molecule has 3 rings (SSSR count). The van der Waals surface area contributed by atoms with E-state index in [-0.39, 0.29) is 30.3 Å². The van der Waals surface area contributed by atoms with Crippen LogP contribution in [0, 0.1) is 5.92 Å². The molecule has 0 aliphatic carbocycles. The van der Waals surface area contributed by atoms with E-state index in [9.17, 15) is 14.7 Å². The zero-order chi connectivity index (χ0) is 15.0. The molecule has 2 aliphatic heterocycles. The number of amides is 2. The number of aliphatic hydroxyl groups is 1. The van der Waals surface area contributed by atoms with Gasteiger partial charge in [-0.1, -0.05) is 6.07 Å². The van der Waals surface area contributed by atoms with Gasteiger partial charge in [0, 0.05) is 5.92 Å². The molecule has 3 atom stereocenters. The van der Waals surface area contributed by atoms with Crippen molar-refractivity contribution in [3.63, 3.8) is 0 Å². The Hall–Kier alpha value is -1.92. The van der Waals surface area contributed by atoms with E-state index in [1.165, 1.54) is 0 Å². The number of carbonyl (C=O) groups excluding carboxylic acids is 2. The fourth-order valence-electron chi connectivity index (χ4n) is 2.84. The van der Waals surface area contributed by atoms with Crippen LogP contribution in [0.5, 0.6) is 0 Å². The second kappa shape index (κ2) is 5.46. The lowest BCUT2D eigenvalue weighted by molar-refractivity contribution is -0.123. The number of carbonyl (C=O) groups is 2. The third-order valence-electron chi connectivity index (χ3n) is 3.93. The van der Waals surface area contributed by atoms with Crippen molar-refractivity contribution in [2.24, 2.45) is 5.92 Å². The summed E-state index contributed by atoms with van der Waals surface area (Å²) in [5, 5.41) is 15.8. The molecule has 6 nitrogen and oxygen atoms in total. The van der Waals surface area contributed by atoms with E-state index in [1.54, 1.807) is 18.2 Å². The molecule has 2 aliphatic rings. The van der Waals surface area contributed by atoms with Crippen molar-refractivity contribution in [1.29, 1.82) is 0 Å². The number of anilines is 2. The van der Waals surface area contributed by atoms with Crippen molar-refractivity contribution in [1.82, 2.24) is 0 Å². The number of fused-ring (bicyclic) bond motifs is 1. The lowest BCUT2D eigenvalue weighted by Crippen LogP contribution is -2.16. The van der Waals surface area contributed by atoms with Crippen LogP contribution in [-0.4, -0.2) is 29.6 Å². The maximum Gasteiger partial charge on any atom is 0.233 e. The number of hydrogen-bond donors (Lipinski definition) is 3. The average Bonchev–Trinajstić information content (AvgIpc) is 2.79. The van der Waals surface area contributed by atoms with Gasteiger partial charge in [-0.25, -0.2) is 0 Å². The second-order valence-corrected chi connectivity index (χ2v) is 5.66. The van der Waals surface area contributed by atoms with Gasteiger partial charge in [-0.2, -0.15) is 0 Å². The third-order valence-corrected chi connectivity index (χ3v) is 3.93. The van der Waals surface area contributed by atoms with Gasteiger partial charge in [0.1, 0.15) is 6.42 Å². The van der Waals surface area contributed by atoms with Crippen molar-refractivity contribution in [2.75, 3.05) is 17.2 Å². The summed E-state index contributed by atoms with van der Waals surface area (Å²) in [6, 6.07) is 5.19. The van der Waals surface area contributed by atoms with E-state index >= 15 is 0 Å². The van der Waals surface area contributed by atoms with E-state index in [1.807, 2.05) is 6.92 Å². The van der Waals surface area contributed by atoms with Crippen LogP contribution in [0.4, 0.5) is 11.4 Å². The number of rotatable bonds is 2. The van der Waals surface area contributed by atoms with Crippen molar-refractivity contribution < 1.29 is 19.4 Å². The fraction of sp³-hybridized carbons (Fsp3) is 0.467. The summed E-state index contributed by atoms with van der Waals surface area (Å²) in [7, 11) is 0. The van der Waals surface area contributed by atoms with Crippen LogP contribution < -0.4 is 10.6 Å². The summed E-state index contributed by atoms with van der Waals surface area (Å²) in [6.07, 6.45) is 0.127. The lowest BCUT2D eigenvalue weighted by atomic mass is 9.93. The highest BCUT2D eigenvalue weighted by Gasteiger charge is 2.30. The Labute approximate surface area is 122 Å². The van der Waals surface area contributed by atoms with Gasteiger partial charge < -0.3 is 20.5 Å². The average molecular weight is 290 g/mol. The topological polar surface area (TPSA) is 87.7 Å². The van der Waals surface area contributed by atoms with E-state index in [0.29, 0.717) is 23.5 Å². The Bertz CT molecular complexity index is 587. The Balaban J connectivity index is 1.85. The number of nitrogens with one attached hydrogen (secondary N) is 2. The quantitative estimate of drug-likeness (QED) is 0.719. The van der Waals surface area contributed by atoms with Crippen LogP contribution >= 0.6 is 0 Å². The number of hydrogen-bond acceptors (Lipinski definition) is 4. The Kier molecular flexibility index (Phi) is 3.65. The van der Waals surface area contributed by atoms with Crippen LogP contribution in [0.1, 0.15) is 31.4 Å². The van der Waals surface area contributed by atoms with Crippen molar-refractivity contribution in [3.8, 4) is 0 Å². The molecule has 6 heteroatoms. The Morgan fingerprint density at radius 2 is 1.95 bits per heavy atom. The SMILES string of the molecule is CC1CC(C(O)c2ccc3c(c2)NC(=O)CC(=O)N3)CO1. The molecule has 2 amide bonds. The van der Waals surface area contributed by atoms with E-state index < -0.39 is 6.10 Å². The van der Waals surface area contributed by atoms with Gasteiger partial charge in [0.25, 0.3) is 0 Å². The second-order valence-electron chi connectivity index (χ2n) is 5.66. The first-order valence-electron chi connectivity index (χ1n) is 7.06. The first-order chi connectivity index (χ1) is 10.0. The lowest BCUT2D eigenvalue weighted by Gasteiger charge is -2.18. The predicted octanol–water partition coefficient (Wildman–Crippen LogP) is 1.43. The van der Waals surface area contributed by atoms with Crippen LogP contribution in [-0.2, 0) is 14.3 Å². The van der Waals surface area contributed by atoms with Gasteiger partial charge in [0.15, 0.2) is 0 Å². The highest BCUT2D eigenvalue weighted by atomic mass is 16.5. The predicted molar refractivity (Wildman–Crippen MR) is 76.8 cm³/mol. The van der Waals surface area contributed by atoms with Crippen LogP contribution in [0.3, 0.4) is 0 Å². The normalized spacial score (nSPS) is 26.6. The number of ether oxygens (including phenoxy) is 1. The molecule has 0 aromatic heterocycles. The molecule has 2 heterocycles. The van der Waals surface area contributed by atoms with Gasteiger partial charge >= 0.3 is 0 Å². The molecule has 1 fully saturated rings. The molecule has 0 bridgehead atoms. The van der Waals surface area contributed by atoms with Crippen LogP contribution in [0.15, 0.2) is 18.2 Å². The van der Waals surface area contributed by atoms with E-state index in [0.717, 1.165) is 6.42 Å². The zero-order valence-electron chi connectivity index (χ0n) is 11.8. The van der Waals surface area contributed by atoms with Crippen LogP contribution in [0.2, 0.25) is 0 Å². The molecule has 1 aromatic rings. The minimum atomic E-state index is -0.642. The van der Waals surface area contributed by atoms with Crippen LogP contribution in [0.25, 0.3) is 0 Å². The molecule has 112 valence electrons. The molecule has 21 heavy (non-hydrogen) atoms. The fourth-order valence-corrected chi connectivity index (χ4v) is 2.84. The van der Waals surface area contributed by atoms with Gasteiger partial charge in [-0.05, 0) is 31.0 Å². The maximum absolute atomic E-state index is 11.6. The monoisotopic (exact) mass is 290 g/mol. The van der Waals surface area contributed by atoms with Crippen molar-refractivity contribution >= 4 is 23.2 Å². The first-order valence-corrected chi connectivity index (χ1v) is 7.06. The smallest absolute Gasteiger partial charge is 0.233 e. The highest BCUT2D eigenvalue weighted by molar-refractivity contribution is 6.13. The maximum atomic E-state index is 11.6. The molecular weight excluding hydrogens is 272 g/mol. The molecule has 1 aromatic carbocycles. The number of aliphatic hydroxyl groups excluding tert-OH is 1. The molecule has 0 saturated carbocycles. The number of benzene rings is 1. The molecule has 1 saturated heterocycles. The molecule has 3 unspecified atom stereocenters. The van der Waals surface area contributed by atoms with E-state index in [4.69, 9.17) is 4.74 Å². The van der Waals surface area contributed by atoms with E-state index in [2.05, 4.69) is 10.6 Å². The third kappa shape index (κ3) is 2.91. The summed E-state index contributed by atoms with van der Waals surface area (Å²) in [4.78, 5) is 23.1. The summed E-state index contributed by atoms with van der Waals surface area (Å²) in [6.45, 7) is 2.52. The standard InChI is InChI=1S/C15H18N2O4/c1-8-4-10(7-21-8)15(20)9-2-3-11-12(5-9)17-14(19)6-13(18)16-11/h2-3,5,8,10,15,20H,4,6-7H2,1H3,(H,16,18)(H,17,19). The van der Waals surface area contributed by atoms with Crippen molar-refractivity contribution in [2.45, 2.75) is 32.0 Å². The van der Waals surface area contributed by atoms with Gasteiger partial charge in [0.05, 0.1) is 30.2 Å². The summed E-state index contributed by atoms with van der Waals surface area (Å²) >= 11 is 0. The van der Waals surface area contributed by atoms with Gasteiger partial charge in [0.2, 0.25) is 11.8 Å². The van der Waals surface area contributed by atoms with Gasteiger partial charge in [-0.3, -0.25) is 9.59 Å². The summed E-state index contributed by atoms with van der Waals surface area (Å²) in [5.74, 6) is -0.637. The molecular formula is C15H18N2O4. The first kappa shape index (κ1) is 14.0. The Morgan fingerprint density at radius 1 is 1.24 bits per heavy atom. The van der Waals surface area contributed by atoms with Crippen molar-refractivity contribution in [3.05, 3.63) is 23.8 Å². The summed E-state index contributed by atoms with van der Waals surface area (Å²) in [5.41, 5.74) is 1.79. The summed E-state index contributed by atoms with van der Waals surface area (Å²) < 4.78 is 5.49. The van der Waals surface area contributed by atoms with Gasteiger partial charge in [-0.15, -0.1) is 0 Å². The Morgan fingerprint density at radius 3 is 2.62 bits per heavy atom. The molecule has 0 spiro atoms. The largest absolute Gasteiger partial charge is 0.388 e.